The van der Waals surface area contributed by atoms with Gasteiger partial charge in [-0.15, -0.1) is 0 Å². The van der Waals surface area contributed by atoms with Gasteiger partial charge in [-0.1, -0.05) is 0 Å². The predicted octanol–water partition coefficient (Wildman–Crippen LogP) is 0.404. The molecule has 0 atom stereocenters. The van der Waals surface area contributed by atoms with E-state index in [-0.39, 0.29) is 17.3 Å². The molecule has 0 saturated carbocycles. The van der Waals surface area contributed by atoms with E-state index in [1.165, 1.54) is 18.6 Å². The molecule has 2 aromatic rings. The number of hydrogen-bond acceptors (Lipinski definition) is 5. The van der Waals surface area contributed by atoms with Crippen molar-refractivity contribution in [2.75, 3.05) is 6.54 Å². The molecular weight excluding hydrogens is 252 g/mol. The zero-order chi connectivity index (χ0) is 13.7. The lowest BCUT2D eigenvalue weighted by Gasteiger charge is -2.01. The van der Waals surface area contributed by atoms with Gasteiger partial charge < -0.3 is 10.3 Å². The second-order valence-corrected chi connectivity index (χ2v) is 3.82. The van der Waals surface area contributed by atoms with E-state index in [0.29, 0.717) is 19.4 Å². The quantitative estimate of drug-likeness (QED) is 0.395. The number of aromatic nitrogens is 4. The third kappa shape index (κ3) is 3.37. The van der Waals surface area contributed by atoms with Crippen molar-refractivity contribution in [3.8, 4) is 0 Å². The third-order valence-corrected chi connectivity index (χ3v) is 2.46. The van der Waals surface area contributed by atoms with Crippen molar-refractivity contribution >= 4 is 11.6 Å². The van der Waals surface area contributed by atoms with Gasteiger partial charge in [0.25, 0.3) is 11.6 Å². The molecule has 0 aromatic carbocycles. The van der Waals surface area contributed by atoms with Gasteiger partial charge in [0.15, 0.2) is 0 Å². The Morgan fingerprint density at radius 2 is 2.37 bits per heavy atom. The van der Waals surface area contributed by atoms with Crippen LogP contribution in [0.25, 0.3) is 0 Å². The number of nitrogens with one attached hydrogen (secondary N) is 3. The van der Waals surface area contributed by atoms with E-state index in [1.807, 2.05) is 0 Å². The molecular formula is C10H12N6O3. The van der Waals surface area contributed by atoms with Gasteiger partial charge in [-0.25, -0.2) is 4.98 Å². The number of nitrogens with zero attached hydrogens (tertiary/aromatic N) is 3. The van der Waals surface area contributed by atoms with E-state index in [2.05, 4.69) is 25.5 Å². The van der Waals surface area contributed by atoms with E-state index in [9.17, 15) is 14.9 Å². The van der Waals surface area contributed by atoms with Crippen LogP contribution in [0.3, 0.4) is 0 Å². The van der Waals surface area contributed by atoms with Crippen LogP contribution >= 0.6 is 0 Å². The molecule has 0 aliphatic heterocycles. The molecule has 100 valence electrons. The van der Waals surface area contributed by atoms with Crippen LogP contribution in [0.2, 0.25) is 0 Å². The van der Waals surface area contributed by atoms with Crippen LogP contribution in [0.1, 0.15) is 22.7 Å². The molecule has 2 heterocycles. The minimum Gasteiger partial charge on any atom is -0.351 e. The van der Waals surface area contributed by atoms with Gasteiger partial charge in [-0.2, -0.15) is 5.10 Å². The number of aryl methyl sites for hydroxylation is 1. The Labute approximate surface area is 107 Å². The SMILES string of the molecule is O=C(NCCCc1ncn[nH]1)c1cc([N+](=O)[O-])c[nH]1. The van der Waals surface area contributed by atoms with Gasteiger partial charge in [0.05, 0.1) is 11.1 Å². The van der Waals surface area contributed by atoms with Crippen LogP contribution in [0.5, 0.6) is 0 Å². The van der Waals surface area contributed by atoms with Crippen molar-refractivity contribution in [3.63, 3.8) is 0 Å². The van der Waals surface area contributed by atoms with Gasteiger partial charge >= 0.3 is 0 Å². The molecule has 0 radical (unpaired) electrons. The first-order chi connectivity index (χ1) is 9.16. The number of rotatable bonds is 6. The molecule has 0 aliphatic rings. The molecule has 9 nitrogen and oxygen atoms in total. The van der Waals surface area contributed by atoms with Crippen molar-refractivity contribution < 1.29 is 9.72 Å². The fourth-order valence-corrected chi connectivity index (χ4v) is 1.52. The fourth-order valence-electron chi connectivity index (χ4n) is 1.52. The smallest absolute Gasteiger partial charge is 0.287 e. The summed E-state index contributed by atoms with van der Waals surface area (Å²) in [5.41, 5.74) is 0.0400. The molecule has 0 spiro atoms. The second-order valence-electron chi connectivity index (χ2n) is 3.82. The minimum absolute atomic E-state index is 0.133. The van der Waals surface area contributed by atoms with Crippen molar-refractivity contribution in [3.05, 3.63) is 40.2 Å². The van der Waals surface area contributed by atoms with Crippen LogP contribution in [0.4, 0.5) is 5.69 Å². The van der Waals surface area contributed by atoms with Crippen molar-refractivity contribution in [2.45, 2.75) is 12.8 Å². The lowest BCUT2D eigenvalue weighted by Crippen LogP contribution is -2.25. The number of hydrogen-bond donors (Lipinski definition) is 3. The molecule has 19 heavy (non-hydrogen) atoms. The zero-order valence-electron chi connectivity index (χ0n) is 9.92. The molecule has 9 heteroatoms. The number of aromatic amines is 2. The molecule has 0 aliphatic carbocycles. The average molecular weight is 264 g/mol. The summed E-state index contributed by atoms with van der Waals surface area (Å²) in [7, 11) is 0. The van der Waals surface area contributed by atoms with Gasteiger partial charge in [-0.05, 0) is 6.42 Å². The number of carbonyl (C=O) groups excluding carboxylic acids is 1. The maximum atomic E-state index is 11.6. The van der Waals surface area contributed by atoms with Crippen molar-refractivity contribution in [1.82, 2.24) is 25.5 Å². The summed E-state index contributed by atoms with van der Waals surface area (Å²) >= 11 is 0. The van der Waals surface area contributed by atoms with E-state index in [4.69, 9.17) is 0 Å². The topological polar surface area (TPSA) is 130 Å². The Hall–Kier alpha value is -2.71. The van der Waals surface area contributed by atoms with Crippen molar-refractivity contribution in [1.29, 1.82) is 0 Å². The standard InChI is InChI=1S/C10H12N6O3/c17-10(8-4-7(5-12-8)16(18)19)11-3-1-2-9-13-6-14-15-9/h4-6,12H,1-3H2,(H,11,17)(H,13,14,15). The van der Waals surface area contributed by atoms with Crippen LogP contribution in [-0.2, 0) is 6.42 Å². The highest BCUT2D eigenvalue weighted by Gasteiger charge is 2.13. The van der Waals surface area contributed by atoms with E-state index in [1.54, 1.807) is 0 Å². The van der Waals surface area contributed by atoms with Crippen LogP contribution in [0, 0.1) is 10.1 Å². The van der Waals surface area contributed by atoms with Gasteiger partial charge in [-0.3, -0.25) is 20.0 Å². The van der Waals surface area contributed by atoms with Gasteiger partial charge in [0.1, 0.15) is 17.8 Å². The summed E-state index contributed by atoms with van der Waals surface area (Å²) in [6, 6.07) is 1.20. The third-order valence-electron chi connectivity index (χ3n) is 2.46. The summed E-state index contributed by atoms with van der Waals surface area (Å²) < 4.78 is 0. The van der Waals surface area contributed by atoms with Gasteiger partial charge in [0.2, 0.25) is 0 Å². The minimum atomic E-state index is -0.558. The highest BCUT2D eigenvalue weighted by molar-refractivity contribution is 5.93. The van der Waals surface area contributed by atoms with E-state index >= 15 is 0 Å². The highest BCUT2D eigenvalue weighted by Crippen LogP contribution is 2.11. The fraction of sp³-hybridized carbons (Fsp3) is 0.300. The first kappa shape index (κ1) is 12.7. The first-order valence-electron chi connectivity index (χ1n) is 5.62. The molecule has 0 bridgehead atoms. The van der Waals surface area contributed by atoms with E-state index < -0.39 is 4.92 Å². The Morgan fingerprint density at radius 1 is 1.53 bits per heavy atom. The summed E-state index contributed by atoms with van der Waals surface area (Å²) in [4.78, 5) is 28.1. The summed E-state index contributed by atoms with van der Waals surface area (Å²) in [6.45, 7) is 0.451. The molecule has 0 saturated heterocycles. The zero-order valence-corrected chi connectivity index (χ0v) is 9.92. The Bertz CT molecular complexity index is 562. The molecule has 2 aromatic heterocycles. The van der Waals surface area contributed by atoms with Crippen LogP contribution in [0.15, 0.2) is 18.6 Å². The molecule has 0 unspecified atom stereocenters. The Morgan fingerprint density at radius 3 is 3.00 bits per heavy atom. The Kier molecular flexibility index (Phi) is 3.86. The monoisotopic (exact) mass is 264 g/mol. The second kappa shape index (κ2) is 5.76. The highest BCUT2D eigenvalue weighted by atomic mass is 16.6. The number of amides is 1. The average Bonchev–Trinajstić information content (AvgIpc) is 3.05. The maximum Gasteiger partial charge on any atom is 0.287 e. The van der Waals surface area contributed by atoms with Gasteiger partial charge in [0, 0.05) is 19.0 Å². The molecule has 1 amide bonds. The molecule has 3 N–H and O–H groups in total. The largest absolute Gasteiger partial charge is 0.351 e. The number of nitro groups is 1. The van der Waals surface area contributed by atoms with Crippen LogP contribution in [-0.4, -0.2) is 37.5 Å². The lowest BCUT2D eigenvalue weighted by atomic mass is 10.3. The van der Waals surface area contributed by atoms with Crippen molar-refractivity contribution in [2.24, 2.45) is 0 Å². The normalized spacial score (nSPS) is 10.3. The first-order valence-corrected chi connectivity index (χ1v) is 5.62. The number of H-pyrrole nitrogens is 2. The lowest BCUT2D eigenvalue weighted by molar-refractivity contribution is -0.384. The molecule has 2 rings (SSSR count). The Balaban J connectivity index is 1.76. The molecule has 0 fully saturated rings. The predicted molar refractivity (Wildman–Crippen MR) is 64.5 cm³/mol. The maximum absolute atomic E-state index is 11.6. The van der Waals surface area contributed by atoms with Crippen LogP contribution < -0.4 is 5.32 Å². The summed E-state index contributed by atoms with van der Waals surface area (Å²) in [6.07, 6.45) is 3.98. The summed E-state index contributed by atoms with van der Waals surface area (Å²) in [5, 5.41) is 19.6. The summed E-state index contributed by atoms with van der Waals surface area (Å²) in [5.74, 6) is 0.385. The van der Waals surface area contributed by atoms with E-state index in [0.717, 1.165) is 5.82 Å². The number of carbonyl (C=O) groups is 1.